The minimum atomic E-state index is -0.519. The Hall–Kier alpha value is -2.78. The Kier molecular flexibility index (Phi) is 6.16. The van der Waals surface area contributed by atoms with Crippen molar-refractivity contribution in [3.63, 3.8) is 0 Å². The van der Waals surface area contributed by atoms with Crippen molar-refractivity contribution in [2.24, 2.45) is 10.9 Å². The van der Waals surface area contributed by atoms with E-state index in [1.165, 1.54) is 10.5 Å². The van der Waals surface area contributed by atoms with E-state index in [2.05, 4.69) is 45.6 Å². The Morgan fingerprint density at radius 1 is 1.12 bits per heavy atom. The third-order valence-corrected chi connectivity index (χ3v) is 6.97. The fraction of sp³-hybridized carbons (Fsp3) is 0.583. The lowest BCUT2D eigenvalue weighted by molar-refractivity contribution is -0.545. The van der Waals surface area contributed by atoms with Gasteiger partial charge in [0.05, 0.1) is 32.8 Å². The molecule has 1 aromatic carbocycles. The minimum absolute atomic E-state index is 0.155. The Labute approximate surface area is 194 Å². The molecule has 3 amide bonds. The molecule has 176 valence electrons. The van der Waals surface area contributed by atoms with Crippen molar-refractivity contribution in [1.82, 2.24) is 19.6 Å². The average molecular weight is 454 g/mol. The van der Waals surface area contributed by atoms with Crippen LogP contribution in [0.4, 0.5) is 4.79 Å². The van der Waals surface area contributed by atoms with Crippen LogP contribution in [0.5, 0.6) is 0 Å². The van der Waals surface area contributed by atoms with Gasteiger partial charge in [-0.25, -0.2) is 9.69 Å². The molecular formula is C24H33N6O3+. The highest BCUT2D eigenvalue weighted by atomic mass is 16.5. The van der Waals surface area contributed by atoms with Crippen LogP contribution in [0.25, 0.3) is 0 Å². The summed E-state index contributed by atoms with van der Waals surface area (Å²) >= 11 is 0. The summed E-state index contributed by atoms with van der Waals surface area (Å²) in [6.07, 6.45) is 0.912. The molecule has 2 fully saturated rings. The van der Waals surface area contributed by atoms with Crippen LogP contribution in [0, 0.1) is 5.92 Å². The van der Waals surface area contributed by atoms with Crippen molar-refractivity contribution in [2.75, 3.05) is 66.1 Å². The molecule has 4 aliphatic rings. The number of benzene rings is 1. The van der Waals surface area contributed by atoms with Gasteiger partial charge < -0.3 is 4.74 Å². The van der Waals surface area contributed by atoms with Crippen LogP contribution in [0.2, 0.25) is 0 Å². The molecule has 4 aliphatic heterocycles. The number of ether oxygens (including phenoxy) is 1. The Morgan fingerprint density at radius 2 is 1.88 bits per heavy atom. The van der Waals surface area contributed by atoms with Crippen LogP contribution in [-0.2, 0) is 16.0 Å². The number of guanidine groups is 1. The first-order valence-electron chi connectivity index (χ1n) is 11.9. The highest BCUT2D eigenvalue weighted by Crippen LogP contribution is 2.27. The molecule has 0 N–H and O–H groups in total. The molecule has 0 aliphatic carbocycles. The van der Waals surface area contributed by atoms with Gasteiger partial charge in [0.25, 0.3) is 5.91 Å². The van der Waals surface area contributed by atoms with E-state index in [1.807, 2.05) is 6.07 Å². The van der Waals surface area contributed by atoms with Crippen LogP contribution < -0.4 is 0 Å². The van der Waals surface area contributed by atoms with Crippen molar-refractivity contribution in [3.05, 3.63) is 35.9 Å². The number of amides is 3. The summed E-state index contributed by atoms with van der Waals surface area (Å²) in [6, 6.07) is 9.62. The van der Waals surface area contributed by atoms with Gasteiger partial charge in [0.2, 0.25) is 11.9 Å². The number of imide groups is 1. The third kappa shape index (κ3) is 4.27. The van der Waals surface area contributed by atoms with Gasteiger partial charge in [0, 0.05) is 45.6 Å². The predicted octanol–water partition coefficient (Wildman–Crippen LogP) is 0.556. The maximum absolute atomic E-state index is 13.6. The number of likely N-dealkylation sites (N-methyl/N-ethyl adjacent to an activating group) is 1. The van der Waals surface area contributed by atoms with Gasteiger partial charge in [0.1, 0.15) is 0 Å². The molecule has 2 saturated heterocycles. The standard InChI is InChI=1S/C24H33N6O3/c1-18-16-28(9-8-19-6-4-3-5-7-19)23-25-21-20(30(23)17-18)22(31)29(24(32)26(21)2)11-10-27-12-14-33-15-13-27/h3-7,18,20H,8-17H2,1-2H3/q+1. The van der Waals surface area contributed by atoms with Gasteiger partial charge in [-0.15, -0.1) is 0 Å². The van der Waals surface area contributed by atoms with Crippen LogP contribution in [0.1, 0.15) is 12.5 Å². The molecule has 9 heteroatoms. The number of morpholine rings is 1. The molecule has 5 rings (SSSR count). The molecule has 4 heterocycles. The van der Waals surface area contributed by atoms with E-state index in [-0.39, 0.29) is 11.9 Å². The van der Waals surface area contributed by atoms with E-state index in [0.717, 1.165) is 45.1 Å². The van der Waals surface area contributed by atoms with Crippen molar-refractivity contribution >= 4 is 23.7 Å². The van der Waals surface area contributed by atoms with E-state index in [0.29, 0.717) is 38.1 Å². The molecule has 0 radical (unpaired) electrons. The molecule has 2 unspecified atom stereocenters. The molecule has 0 saturated carbocycles. The van der Waals surface area contributed by atoms with Crippen LogP contribution in [0.3, 0.4) is 0 Å². The van der Waals surface area contributed by atoms with Gasteiger partial charge in [-0.05, 0) is 5.56 Å². The fourth-order valence-corrected chi connectivity index (χ4v) is 5.17. The lowest BCUT2D eigenvalue weighted by Gasteiger charge is -2.37. The smallest absolute Gasteiger partial charge is 0.379 e. The summed E-state index contributed by atoms with van der Waals surface area (Å²) in [7, 11) is 1.74. The van der Waals surface area contributed by atoms with E-state index < -0.39 is 6.04 Å². The Morgan fingerprint density at radius 3 is 2.64 bits per heavy atom. The molecular weight excluding hydrogens is 420 g/mol. The second-order valence-electron chi connectivity index (χ2n) is 9.40. The number of fused-ring (bicyclic) bond motifs is 3. The number of carbonyl (C=O) groups excluding carboxylic acids is 2. The van der Waals surface area contributed by atoms with E-state index in [1.54, 1.807) is 11.9 Å². The molecule has 9 nitrogen and oxygen atoms in total. The molecule has 1 aromatic rings. The van der Waals surface area contributed by atoms with Crippen LogP contribution >= 0.6 is 0 Å². The lowest BCUT2D eigenvalue weighted by Crippen LogP contribution is -2.65. The minimum Gasteiger partial charge on any atom is -0.379 e. The zero-order valence-corrected chi connectivity index (χ0v) is 19.5. The van der Waals surface area contributed by atoms with Crippen molar-refractivity contribution in [3.8, 4) is 0 Å². The quantitative estimate of drug-likeness (QED) is 0.589. The molecule has 0 bridgehead atoms. The van der Waals surface area contributed by atoms with Crippen molar-refractivity contribution in [1.29, 1.82) is 0 Å². The second-order valence-corrected chi connectivity index (χ2v) is 9.40. The second kappa shape index (κ2) is 9.23. The van der Waals surface area contributed by atoms with E-state index >= 15 is 0 Å². The first-order valence-corrected chi connectivity index (χ1v) is 11.9. The number of nitrogens with zero attached hydrogens (tertiary/aromatic N) is 6. The number of rotatable bonds is 6. The maximum Gasteiger partial charge on any atom is 0.392 e. The SMILES string of the molecule is CC1CN2C(=[N+](CCc3ccccc3)C1)N=C1C2C(=O)N(CCN2CCOCC2)C(=O)N1C. The number of carbonyl (C=O) groups is 2. The number of hydrogen-bond acceptors (Lipinski definition) is 6. The third-order valence-electron chi connectivity index (χ3n) is 6.97. The molecule has 33 heavy (non-hydrogen) atoms. The monoisotopic (exact) mass is 453 g/mol. The zero-order valence-electron chi connectivity index (χ0n) is 19.5. The molecule has 0 aromatic heterocycles. The summed E-state index contributed by atoms with van der Waals surface area (Å²) < 4.78 is 7.68. The van der Waals surface area contributed by atoms with Crippen LogP contribution in [0.15, 0.2) is 35.3 Å². The largest absolute Gasteiger partial charge is 0.392 e. The van der Waals surface area contributed by atoms with Gasteiger partial charge in [-0.2, -0.15) is 0 Å². The predicted molar refractivity (Wildman–Crippen MR) is 124 cm³/mol. The van der Waals surface area contributed by atoms with E-state index in [4.69, 9.17) is 9.73 Å². The topological polar surface area (TPSA) is 71.7 Å². The van der Waals surface area contributed by atoms with Crippen molar-refractivity contribution < 1.29 is 18.9 Å². The normalized spacial score (nSPS) is 26.0. The van der Waals surface area contributed by atoms with Gasteiger partial charge in [-0.3, -0.25) is 24.1 Å². The average Bonchev–Trinajstić information content (AvgIpc) is 3.22. The van der Waals surface area contributed by atoms with Crippen molar-refractivity contribution in [2.45, 2.75) is 19.4 Å². The summed E-state index contributed by atoms with van der Waals surface area (Å²) in [5.74, 6) is 1.63. The Bertz CT molecular complexity index is 972. The molecule has 2 atom stereocenters. The highest BCUT2D eigenvalue weighted by molar-refractivity contribution is 6.25. The number of amidine groups is 1. The number of urea groups is 1. The summed E-state index contributed by atoms with van der Waals surface area (Å²) in [5.41, 5.74) is 1.28. The number of hydrogen-bond donors (Lipinski definition) is 0. The van der Waals surface area contributed by atoms with Crippen LogP contribution in [-0.4, -0.2) is 120 Å². The number of aliphatic imine (C=N–C) groups is 1. The summed E-state index contributed by atoms with van der Waals surface area (Å²) in [6.45, 7) is 8.83. The zero-order chi connectivity index (χ0) is 22.9. The van der Waals surface area contributed by atoms with Gasteiger partial charge in [-0.1, -0.05) is 42.2 Å². The Balaban J connectivity index is 1.36. The highest BCUT2D eigenvalue weighted by Gasteiger charge is 2.57. The van der Waals surface area contributed by atoms with Gasteiger partial charge in [0.15, 0.2) is 0 Å². The summed E-state index contributed by atoms with van der Waals surface area (Å²) in [4.78, 5) is 38.8. The maximum atomic E-state index is 13.6. The first kappa shape index (κ1) is 22.0. The first-order chi connectivity index (χ1) is 16.0. The fourth-order valence-electron chi connectivity index (χ4n) is 5.17. The van der Waals surface area contributed by atoms with E-state index in [9.17, 15) is 9.59 Å². The summed E-state index contributed by atoms with van der Waals surface area (Å²) in [5, 5.41) is 0. The lowest BCUT2D eigenvalue weighted by atomic mass is 10.1. The molecule has 0 spiro atoms. The van der Waals surface area contributed by atoms with Gasteiger partial charge >= 0.3 is 12.0 Å².